The molecule has 2 N–H and O–H groups in total. The van der Waals surface area contributed by atoms with Gasteiger partial charge >= 0.3 is 6.18 Å². The van der Waals surface area contributed by atoms with Gasteiger partial charge in [-0.2, -0.15) is 23.4 Å². The van der Waals surface area contributed by atoms with E-state index in [0.717, 1.165) is 4.90 Å². The molecule has 0 spiro atoms. The Morgan fingerprint density at radius 3 is 2.43 bits per heavy atom. The largest absolute Gasteiger partial charge is 0.421 e. The molecule has 0 unspecified atom stereocenters. The Hall–Kier alpha value is -3.10. The van der Waals surface area contributed by atoms with Gasteiger partial charge in [0.25, 0.3) is 5.91 Å². The number of anilines is 2. The molecule has 0 bridgehead atoms. The lowest BCUT2D eigenvalue weighted by atomic mass is 10.2. The summed E-state index contributed by atoms with van der Waals surface area (Å²) < 4.78 is 39.4. The van der Waals surface area contributed by atoms with Gasteiger partial charge in [0.1, 0.15) is 11.4 Å². The second-order valence-electron chi connectivity index (χ2n) is 4.59. The molecule has 0 aliphatic heterocycles. The van der Waals surface area contributed by atoms with Crippen molar-refractivity contribution < 1.29 is 18.0 Å². The normalized spacial score (nSPS) is 11.4. The van der Waals surface area contributed by atoms with Crippen molar-refractivity contribution in [1.29, 1.82) is 0 Å². The number of aromatic nitrogens is 4. The van der Waals surface area contributed by atoms with Crippen LogP contribution in [0.2, 0.25) is 0 Å². The Kier molecular flexibility index (Phi) is 3.61. The Balaban J connectivity index is 2.12. The van der Waals surface area contributed by atoms with Crippen LogP contribution in [0.1, 0.15) is 15.9 Å². The van der Waals surface area contributed by atoms with Gasteiger partial charge in [-0.3, -0.25) is 19.9 Å². The first-order valence-corrected chi connectivity index (χ1v) is 6.47. The van der Waals surface area contributed by atoms with E-state index in [4.69, 9.17) is 0 Å². The van der Waals surface area contributed by atoms with Crippen molar-refractivity contribution in [1.82, 2.24) is 20.4 Å². The van der Waals surface area contributed by atoms with Gasteiger partial charge in [0.05, 0.1) is 18.1 Å². The molecule has 3 rings (SSSR count). The van der Waals surface area contributed by atoms with Gasteiger partial charge in [0, 0.05) is 11.8 Å². The van der Waals surface area contributed by atoms with E-state index in [1.54, 1.807) is 18.2 Å². The highest BCUT2D eigenvalue weighted by atomic mass is 19.4. The summed E-state index contributed by atoms with van der Waals surface area (Å²) in [5, 5.41) is 11.8. The summed E-state index contributed by atoms with van der Waals surface area (Å²) in [6.45, 7) is 0. The number of benzene rings is 1. The van der Waals surface area contributed by atoms with Crippen LogP contribution in [-0.4, -0.2) is 26.3 Å². The maximum absolute atomic E-state index is 13.1. The molecular weight excluding hydrogens is 311 g/mol. The predicted molar refractivity (Wildman–Crippen MR) is 75.1 cm³/mol. The predicted octanol–water partition coefficient (Wildman–Crippen LogP) is 3.13. The number of carbonyl (C=O) groups is 1. The number of alkyl halides is 3. The molecule has 2 heterocycles. The van der Waals surface area contributed by atoms with Crippen LogP contribution in [0.25, 0.3) is 0 Å². The number of carbonyl (C=O) groups excluding carboxylic acids is 1. The molecule has 118 valence electrons. The van der Waals surface area contributed by atoms with Crippen molar-refractivity contribution in [2.45, 2.75) is 6.18 Å². The van der Waals surface area contributed by atoms with Crippen LogP contribution < -0.4 is 4.90 Å². The van der Waals surface area contributed by atoms with E-state index in [-0.39, 0.29) is 11.3 Å². The summed E-state index contributed by atoms with van der Waals surface area (Å²) in [5.74, 6) is -1.10. The Morgan fingerprint density at radius 2 is 1.83 bits per heavy atom. The summed E-state index contributed by atoms with van der Waals surface area (Å²) in [4.78, 5) is 13.6. The highest BCUT2D eigenvalue weighted by Gasteiger charge is 2.38. The third kappa shape index (κ3) is 2.80. The summed E-state index contributed by atoms with van der Waals surface area (Å²) in [5.41, 5.74) is -0.645. The minimum Gasteiger partial charge on any atom is -0.284 e. The molecule has 2 aromatic heterocycles. The van der Waals surface area contributed by atoms with E-state index in [1.807, 2.05) is 0 Å². The molecule has 0 aliphatic rings. The lowest BCUT2D eigenvalue weighted by Gasteiger charge is -2.21. The third-order valence-corrected chi connectivity index (χ3v) is 3.11. The van der Waals surface area contributed by atoms with Gasteiger partial charge in [-0.25, -0.2) is 0 Å². The summed E-state index contributed by atoms with van der Waals surface area (Å²) in [6.07, 6.45) is -1.44. The fraction of sp³-hybridized carbons (Fsp3) is 0.0714. The highest BCUT2D eigenvalue weighted by Crippen LogP contribution is 2.38. The standard InChI is InChI=1S/C14H10F3N5O/c15-14(16,17)11-8-20-21-12(11)22(10-6-18-19-7-10)13(23)9-4-2-1-3-5-9/h1-8H,(H,18,19)(H,20,21). The van der Waals surface area contributed by atoms with E-state index < -0.39 is 23.5 Å². The Bertz CT molecular complexity index is 795. The minimum absolute atomic E-state index is 0.161. The molecule has 3 aromatic rings. The number of halogens is 3. The van der Waals surface area contributed by atoms with Crippen molar-refractivity contribution >= 4 is 17.4 Å². The molecule has 0 fully saturated rings. The number of nitrogens with one attached hydrogen (secondary N) is 2. The molecule has 0 aliphatic carbocycles. The van der Waals surface area contributed by atoms with Crippen LogP contribution in [0.15, 0.2) is 48.9 Å². The number of nitrogens with zero attached hydrogens (tertiary/aromatic N) is 3. The molecule has 0 atom stereocenters. The van der Waals surface area contributed by atoms with Crippen molar-refractivity contribution in [3.05, 3.63) is 60.0 Å². The molecule has 1 aromatic carbocycles. The van der Waals surface area contributed by atoms with Crippen molar-refractivity contribution in [2.75, 3.05) is 4.90 Å². The van der Waals surface area contributed by atoms with Crippen molar-refractivity contribution in [2.24, 2.45) is 0 Å². The summed E-state index contributed by atoms with van der Waals surface area (Å²) in [7, 11) is 0. The number of hydrogen-bond donors (Lipinski definition) is 2. The summed E-state index contributed by atoms with van der Waals surface area (Å²) in [6, 6.07) is 7.98. The molecule has 6 nitrogen and oxygen atoms in total. The first-order chi connectivity index (χ1) is 11.0. The molecular formula is C14H10F3N5O. The maximum atomic E-state index is 13.1. The zero-order valence-corrected chi connectivity index (χ0v) is 11.5. The third-order valence-electron chi connectivity index (χ3n) is 3.11. The minimum atomic E-state index is -4.65. The lowest BCUT2D eigenvalue weighted by Crippen LogP contribution is -2.28. The molecule has 1 amide bonds. The van der Waals surface area contributed by atoms with Gasteiger partial charge < -0.3 is 0 Å². The van der Waals surface area contributed by atoms with Crippen LogP contribution >= 0.6 is 0 Å². The number of rotatable bonds is 3. The van der Waals surface area contributed by atoms with Crippen molar-refractivity contribution in [3.63, 3.8) is 0 Å². The first-order valence-electron chi connectivity index (χ1n) is 6.47. The zero-order chi connectivity index (χ0) is 16.4. The molecule has 23 heavy (non-hydrogen) atoms. The number of H-pyrrole nitrogens is 2. The SMILES string of the molecule is O=C(c1ccccc1)N(c1cn[nH]c1)c1[nH]ncc1C(F)(F)F. The van der Waals surface area contributed by atoms with E-state index >= 15 is 0 Å². The fourth-order valence-electron chi connectivity index (χ4n) is 2.08. The van der Waals surface area contributed by atoms with Crippen LogP contribution in [0.5, 0.6) is 0 Å². The highest BCUT2D eigenvalue weighted by molar-refractivity contribution is 6.10. The van der Waals surface area contributed by atoms with E-state index in [0.29, 0.717) is 6.20 Å². The van der Waals surface area contributed by atoms with Crippen LogP contribution in [0, 0.1) is 0 Å². The van der Waals surface area contributed by atoms with Crippen LogP contribution in [-0.2, 0) is 6.18 Å². The van der Waals surface area contributed by atoms with Gasteiger partial charge in [-0.15, -0.1) is 0 Å². The topological polar surface area (TPSA) is 77.7 Å². The molecule has 0 saturated carbocycles. The summed E-state index contributed by atoms with van der Waals surface area (Å²) >= 11 is 0. The van der Waals surface area contributed by atoms with Crippen LogP contribution in [0.4, 0.5) is 24.7 Å². The Labute approximate surface area is 127 Å². The maximum Gasteiger partial charge on any atom is 0.421 e. The van der Waals surface area contributed by atoms with Gasteiger partial charge in [-0.1, -0.05) is 18.2 Å². The van der Waals surface area contributed by atoms with Crippen molar-refractivity contribution in [3.8, 4) is 0 Å². The fourth-order valence-corrected chi connectivity index (χ4v) is 2.08. The monoisotopic (exact) mass is 321 g/mol. The van der Waals surface area contributed by atoms with Crippen LogP contribution in [0.3, 0.4) is 0 Å². The number of aromatic amines is 2. The van der Waals surface area contributed by atoms with E-state index in [2.05, 4.69) is 20.4 Å². The van der Waals surface area contributed by atoms with Gasteiger partial charge in [-0.05, 0) is 12.1 Å². The zero-order valence-electron chi connectivity index (χ0n) is 11.5. The molecule has 0 radical (unpaired) electrons. The number of amides is 1. The van der Waals surface area contributed by atoms with E-state index in [1.165, 1.54) is 24.5 Å². The molecule has 0 saturated heterocycles. The van der Waals surface area contributed by atoms with E-state index in [9.17, 15) is 18.0 Å². The molecule has 9 heteroatoms. The second-order valence-corrected chi connectivity index (χ2v) is 4.59. The second kappa shape index (κ2) is 5.59. The Morgan fingerprint density at radius 1 is 1.09 bits per heavy atom. The van der Waals surface area contributed by atoms with Gasteiger partial charge in [0.2, 0.25) is 0 Å². The quantitative estimate of drug-likeness (QED) is 0.778. The average molecular weight is 321 g/mol. The number of hydrogen-bond acceptors (Lipinski definition) is 3. The lowest BCUT2D eigenvalue weighted by molar-refractivity contribution is -0.137. The average Bonchev–Trinajstić information content (AvgIpc) is 3.19. The smallest absolute Gasteiger partial charge is 0.284 e. The van der Waals surface area contributed by atoms with Gasteiger partial charge in [0.15, 0.2) is 0 Å². The first kappa shape index (κ1) is 14.8.